The molecule has 3 rings (SSSR count). The molecule has 11 heteroatoms. The van der Waals surface area contributed by atoms with Gasteiger partial charge in [0.05, 0.1) is 53.1 Å². The number of aromatic nitrogens is 2. The van der Waals surface area contributed by atoms with Crippen molar-refractivity contribution in [1.29, 1.82) is 0 Å². The Morgan fingerprint density at radius 2 is 1.73 bits per heavy atom. The van der Waals surface area contributed by atoms with Gasteiger partial charge in [0.1, 0.15) is 18.1 Å². The van der Waals surface area contributed by atoms with Crippen LogP contribution in [0.5, 0.6) is 17.2 Å². The van der Waals surface area contributed by atoms with Crippen molar-refractivity contribution in [3.8, 4) is 17.2 Å². The third-order valence-corrected chi connectivity index (χ3v) is 5.51. The Labute approximate surface area is 205 Å². The topological polar surface area (TPSA) is 94.6 Å². The van der Waals surface area contributed by atoms with Gasteiger partial charge in [-0.1, -0.05) is 47.4 Å². The van der Waals surface area contributed by atoms with Crippen LogP contribution in [0.1, 0.15) is 5.56 Å². The van der Waals surface area contributed by atoms with Crippen molar-refractivity contribution in [1.82, 2.24) is 9.97 Å². The first-order chi connectivity index (χ1) is 15.9. The number of carbonyl (C=O) groups excluding carboxylic acids is 1. The molecule has 3 aromatic rings. The van der Waals surface area contributed by atoms with Crippen molar-refractivity contribution in [3.05, 3.63) is 69.9 Å². The number of hydrogen-bond donors (Lipinski definition) is 2. The number of methoxy groups -OCH3 is 2. The number of hydrogen-bond acceptors (Lipinski definition) is 7. The Bertz CT molecular complexity index is 1150. The van der Waals surface area contributed by atoms with Gasteiger partial charge in [-0.05, 0) is 18.2 Å². The summed E-state index contributed by atoms with van der Waals surface area (Å²) in [6.07, 6.45) is 4.09. The number of para-hydroxylation sites is 1. The van der Waals surface area contributed by atoms with Crippen molar-refractivity contribution in [2.24, 2.45) is 0 Å². The number of ether oxygens (including phenoxy) is 3. The second kappa shape index (κ2) is 11.1. The molecule has 2 aromatic carbocycles. The third kappa shape index (κ3) is 5.78. The average molecular weight is 510 g/mol. The van der Waals surface area contributed by atoms with E-state index in [9.17, 15) is 4.79 Å². The van der Waals surface area contributed by atoms with Crippen LogP contribution in [0.15, 0.2) is 49.3 Å². The van der Waals surface area contributed by atoms with Gasteiger partial charge >= 0.3 is 0 Å². The fraction of sp³-hybridized carbons (Fsp3) is 0.136. The summed E-state index contributed by atoms with van der Waals surface area (Å²) in [6, 6.07) is 6.65. The highest BCUT2D eigenvalue weighted by atomic mass is 35.5. The molecule has 33 heavy (non-hydrogen) atoms. The van der Waals surface area contributed by atoms with E-state index in [0.29, 0.717) is 49.3 Å². The summed E-state index contributed by atoms with van der Waals surface area (Å²) in [5, 5.41) is 6.66. The molecule has 0 saturated heterocycles. The van der Waals surface area contributed by atoms with E-state index in [1.165, 1.54) is 26.6 Å². The molecule has 0 unspecified atom stereocenters. The number of benzene rings is 2. The number of carbonyl (C=O) groups is 1. The standard InChI is InChI=1S/C22H19Cl3N4O4/c1-4-18(30)28-15-7-5-6-14(23)21(15)29-22-26-9-12(10-27-22)33-11-13-19(24)16(31-2)8-17(32-3)20(13)25/h4-10H,1,11H2,2-3H3,(H,28,30)(H,26,27,29). The van der Waals surface area contributed by atoms with E-state index in [1.807, 2.05) is 0 Å². The molecule has 172 valence electrons. The lowest BCUT2D eigenvalue weighted by atomic mass is 10.2. The molecule has 1 amide bonds. The molecule has 0 aliphatic rings. The van der Waals surface area contributed by atoms with Gasteiger partial charge in [-0.3, -0.25) is 4.79 Å². The Morgan fingerprint density at radius 1 is 1.09 bits per heavy atom. The van der Waals surface area contributed by atoms with Crippen LogP contribution < -0.4 is 24.8 Å². The van der Waals surface area contributed by atoms with Crippen LogP contribution in [-0.2, 0) is 11.4 Å². The van der Waals surface area contributed by atoms with Gasteiger partial charge in [0.15, 0.2) is 5.75 Å². The molecule has 0 spiro atoms. The number of nitrogens with one attached hydrogen (secondary N) is 2. The van der Waals surface area contributed by atoms with Crippen LogP contribution >= 0.6 is 34.8 Å². The maximum atomic E-state index is 11.7. The quantitative estimate of drug-likeness (QED) is 0.347. The first kappa shape index (κ1) is 24.4. The largest absolute Gasteiger partial charge is 0.495 e. The van der Waals surface area contributed by atoms with Crippen molar-refractivity contribution in [2.45, 2.75) is 6.61 Å². The van der Waals surface area contributed by atoms with Gasteiger partial charge in [-0.2, -0.15) is 0 Å². The first-order valence-electron chi connectivity index (χ1n) is 9.40. The minimum atomic E-state index is -0.378. The summed E-state index contributed by atoms with van der Waals surface area (Å²) in [5.41, 5.74) is 1.38. The van der Waals surface area contributed by atoms with Crippen LogP contribution in [0, 0.1) is 0 Å². The number of halogens is 3. The molecule has 0 aliphatic carbocycles. The van der Waals surface area contributed by atoms with Crippen LogP contribution in [0.25, 0.3) is 0 Å². The van der Waals surface area contributed by atoms with Crippen molar-refractivity contribution < 1.29 is 19.0 Å². The molecule has 0 fully saturated rings. The highest BCUT2D eigenvalue weighted by Gasteiger charge is 2.18. The lowest BCUT2D eigenvalue weighted by molar-refractivity contribution is -0.111. The molecule has 1 heterocycles. The van der Waals surface area contributed by atoms with Gasteiger partial charge in [0.25, 0.3) is 0 Å². The predicted octanol–water partition coefficient (Wildman–Crippen LogP) is 5.90. The summed E-state index contributed by atoms with van der Waals surface area (Å²) in [4.78, 5) is 20.1. The van der Waals surface area contributed by atoms with Gasteiger partial charge in [0, 0.05) is 11.6 Å². The number of nitrogens with zero attached hydrogens (tertiary/aromatic N) is 2. The minimum Gasteiger partial charge on any atom is -0.495 e. The van der Waals surface area contributed by atoms with Gasteiger partial charge in [-0.25, -0.2) is 9.97 Å². The fourth-order valence-electron chi connectivity index (χ4n) is 2.73. The highest BCUT2D eigenvalue weighted by molar-refractivity contribution is 6.37. The molecule has 0 saturated carbocycles. The third-order valence-electron chi connectivity index (χ3n) is 4.37. The summed E-state index contributed by atoms with van der Waals surface area (Å²) in [5.74, 6) is 1.05. The Balaban J connectivity index is 1.76. The molecule has 0 atom stereocenters. The van der Waals surface area contributed by atoms with Gasteiger partial charge < -0.3 is 24.8 Å². The maximum Gasteiger partial charge on any atom is 0.247 e. The Kier molecular flexibility index (Phi) is 8.21. The van der Waals surface area contributed by atoms with Crippen molar-refractivity contribution >= 4 is 58.0 Å². The summed E-state index contributed by atoms with van der Waals surface area (Å²) in [7, 11) is 2.98. The van der Waals surface area contributed by atoms with Crippen LogP contribution in [0.2, 0.25) is 15.1 Å². The van der Waals surface area contributed by atoms with Crippen LogP contribution in [0.4, 0.5) is 17.3 Å². The number of anilines is 3. The second-order valence-electron chi connectivity index (χ2n) is 6.40. The van der Waals surface area contributed by atoms with Crippen molar-refractivity contribution in [3.63, 3.8) is 0 Å². The van der Waals surface area contributed by atoms with E-state index < -0.39 is 0 Å². The number of amides is 1. The first-order valence-corrected chi connectivity index (χ1v) is 10.5. The van der Waals surface area contributed by atoms with E-state index in [4.69, 9.17) is 49.0 Å². The van der Waals surface area contributed by atoms with Crippen LogP contribution in [-0.4, -0.2) is 30.1 Å². The molecule has 2 N–H and O–H groups in total. The van der Waals surface area contributed by atoms with Crippen LogP contribution in [0.3, 0.4) is 0 Å². The fourth-order valence-corrected chi connectivity index (χ4v) is 3.56. The van der Waals surface area contributed by atoms with E-state index in [1.54, 1.807) is 24.3 Å². The summed E-state index contributed by atoms with van der Waals surface area (Å²) >= 11 is 19.0. The molecule has 8 nitrogen and oxygen atoms in total. The monoisotopic (exact) mass is 508 g/mol. The second-order valence-corrected chi connectivity index (χ2v) is 7.56. The molecule has 0 radical (unpaired) electrons. The lowest BCUT2D eigenvalue weighted by Crippen LogP contribution is -2.10. The van der Waals surface area contributed by atoms with Crippen molar-refractivity contribution in [2.75, 3.05) is 24.9 Å². The van der Waals surface area contributed by atoms with E-state index in [2.05, 4.69) is 27.2 Å². The minimum absolute atomic E-state index is 0.0314. The molecular formula is C22H19Cl3N4O4. The summed E-state index contributed by atoms with van der Waals surface area (Å²) in [6.45, 7) is 3.47. The zero-order valence-corrected chi connectivity index (χ0v) is 19.9. The molecule has 0 bridgehead atoms. The highest BCUT2D eigenvalue weighted by Crippen LogP contribution is 2.40. The van der Waals surface area contributed by atoms with Gasteiger partial charge in [0.2, 0.25) is 11.9 Å². The average Bonchev–Trinajstić information content (AvgIpc) is 2.82. The number of rotatable bonds is 9. The van der Waals surface area contributed by atoms with E-state index >= 15 is 0 Å². The zero-order chi connectivity index (χ0) is 24.0. The summed E-state index contributed by atoms with van der Waals surface area (Å²) < 4.78 is 16.3. The van der Waals surface area contributed by atoms with E-state index in [-0.39, 0.29) is 18.5 Å². The van der Waals surface area contributed by atoms with E-state index in [0.717, 1.165) is 6.08 Å². The Morgan fingerprint density at radius 3 is 2.30 bits per heavy atom. The predicted molar refractivity (Wildman–Crippen MR) is 129 cm³/mol. The molecular weight excluding hydrogens is 491 g/mol. The van der Waals surface area contributed by atoms with Gasteiger partial charge in [-0.15, -0.1) is 0 Å². The normalized spacial score (nSPS) is 10.3. The zero-order valence-electron chi connectivity index (χ0n) is 17.6. The maximum absolute atomic E-state index is 11.7. The molecule has 1 aromatic heterocycles. The Hall–Kier alpha value is -3.20. The molecule has 0 aliphatic heterocycles. The lowest BCUT2D eigenvalue weighted by Gasteiger charge is -2.15. The SMILES string of the molecule is C=CC(=O)Nc1cccc(Cl)c1Nc1ncc(OCc2c(Cl)c(OC)cc(OC)c2Cl)cn1. The smallest absolute Gasteiger partial charge is 0.247 e.